The third kappa shape index (κ3) is 4.60. The molecule has 150 valence electrons. The number of anilines is 1. The maximum atomic E-state index is 12.8. The number of carbonyl (C=O) groups excluding carboxylic acids is 2. The molecule has 1 aromatic heterocycles. The number of hydrogen-bond acceptors (Lipinski definition) is 3. The van der Waals surface area contributed by atoms with Crippen molar-refractivity contribution in [1.29, 1.82) is 0 Å². The van der Waals surface area contributed by atoms with Crippen LogP contribution in [-0.2, 0) is 11.3 Å². The van der Waals surface area contributed by atoms with E-state index in [4.69, 9.17) is 4.74 Å². The Hall–Kier alpha value is -3.38. The van der Waals surface area contributed by atoms with E-state index < -0.39 is 0 Å². The van der Waals surface area contributed by atoms with Gasteiger partial charge in [-0.25, -0.2) is 0 Å². The number of rotatable bonds is 7. The molecule has 4 aromatic rings. The first-order chi connectivity index (χ1) is 14.6. The SMILES string of the molecule is O=C(Cn1cc(C(=O)COc2ccccc2)c2ccccc21)Nc1ccc(Br)cc1. The Morgan fingerprint density at radius 1 is 0.900 bits per heavy atom. The van der Waals surface area contributed by atoms with Crippen LogP contribution in [0, 0.1) is 0 Å². The molecule has 6 heteroatoms. The van der Waals surface area contributed by atoms with Crippen molar-refractivity contribution in [2.75, 3.05) is 11.9 Å². The topological polar surface area (TPSA) is 60.3 Å². The minimum Gasteiger partial charge on any atom is -0.485 e. The van der Waals surface area contributed by atoms with E-state index in [0.717, 1.165) is 15.4 Å². The average molecular weight is 463 g/mol. The highest BCUT2D eigenvalue weighted by molar-refractivity contribution is 9.10. The number of amides is 1. The van der Waals surface area contributed by atoms with Gasteiger partial charge in [0, 0.05) is 32.8 Å². The second-order valence-corrected chi connectivity index (χ2v) is 7.68. The number of Topliss-reactive ketones (excluding diaryl/α,β-unsaturated/α-hetero) is 1. The van der Waals surface area contributed by atoms with Gasteiger partial charge in [-0.2, -0.15) is 0 Å². The number of ether oxygens (including phenoxy) is 1. The molecule has 0 aliphatic carbocycles. The van der Waals surface area contributed by atoms with Gasteiger partial charge in [-0.3, -0.25) is 9.59 Å². The van der Waals surface area contributed by atoms with Crippen LogP contribution >= 0.6 is 15.9 Å². The van der Waals surface area contributed by atoms with Crippen LogP contribution < -0.4 is 10.1 Å². The zero-order chi connectivity index (χ0) is 20.9. The largest absolute Gasteiger partial charge is 0.485 e. The number of fused-ring (bicyclic) bond motifs is 1. The minimum atomic E-state index is -0.169. The summed E-state index contributed by atoms with van der Waals surface area (Å²) >= 11 is 3.38. The molecule has 0 atom stereocenters. The summed E-state index contributed by atoms with van der Waals surface area (Å²) in [5, 5.41) is 3.68. The number of ketones is 1. The summed E-state index contributed by atoms with van der Waals surface area (Å²) < 4.78 is 8.34. The van der Waals surface area contributed by atoms with Gasteiger partial charge in [0.1, 0.15) is 12.3 Å². The highest BCUT2D eigenvalue weighted by Crippen LogP contribution is 2.23. The zero-order valence-corrected chi connectivity index (χ0v) is 17.6. The number of nitrogens with zero attached hydrogens (tertiary/aromatic N) is 1. The van der Waals surface area contributed by atoms with Crippen LogP contribution in [0.1, 0.15) is 10.4 Å². The summed E-state index contributed by atoms with van der Waals surface area (Å²) in [6, 6.07) is 24.2. The summed E-state index contributed by atoms with van der Waals surface area (Å²) in [5.41, 5.74) is 2.08. The number of carbonyl (C=O) groups is 2. The third-order valence-electron chi connectivity index (χ3n) is 4.64. The van der Waals surface area contributed by atoms with Gasteiger partial charge in [-0.1, -0.05) is 52.3 Å². The highest BCUT2D eigenvalue weighted by Gasteiger charge is 2.17. The van der Waals surface area contributed by atoms with Crippen LogP contribution in [0.2, 0.25) is 0 Å². The van der Waals surface area contributed by atoms with Crippen LogP contribution in [0.15, 0.2) is 89.5 Å². The van der Waals surface area contributed by atoms with E-state index in [0.29, 0.717) is 17.0 Å². The van der Waals surface area contributed by atoms with E-state index in [1.54, 1.807) is 10.8 Å². The van der Waals surface area contributed by atoms with Crippen molar-refractivity contribution < 1.29 is 14.3 Å². The molecule has 0 aliphatic rings. The lowest BCUT2D eigenvalue weighted by atomic mass is 10.1. The van der Waals surface area contributed by atoms with E-state index in [1.807, 2.05) is 78.9 Å². The third-order valence-corrected chi connectivity index (χ3v) is 5.17. The Balaban J connectivity index is 1.52. The number of benzene rings is 3. The van der Waals surface area contributed by atoms with Crippen LogP contribution in [0.4, 0.5) is 5.69 Å². The van der Waals surface area contributed by atoms with Gasteiger partial charge in [0.15, 0.2) is 6.61 Å². The lowest BCUT2D eigenvalue weighted by molar-refractivity contribution is -0.116. The number of aromatic nitrogens is 1. The first-order valence-corrected chi connectivity index (χ1v) is 10.2. The van der Waals surface area contributed by atoms with E-state index in [1.165, 1.54) is 0 Å². The first-order valence-electron chi connectivity index (χ1n) is 9.44. The van der Waals surface area contributed by atoms with Crippen LogP contribution in [0.5, 0.6) is 5.75 Å². The quantitative estimate of drug-likeness (QED) is 0.378. The molecule has 4 rings (SSSR count). The Labute approximate surface area is 182 Å². The second kappa shape index (κ2) is 8.97. The monoisotopic (exact) mass is 462 g/mol. The van der Waals surface area contributed by atoms with E-state index in [9.17, 15) is 9.59 Å². The van der Waals surface area contributed by atoms with Gasteiger partial charge >= 0.3 is 0 Å². The summed E-state index contributed by atoms with van der Waals surface area (Å²) in [6.07, 6.45) is 1.72. The highest BCUT2D eigenvalue weighted by atomic mass is 79.9. The van der Waals surface area contributed by atoms with Crippen LogP contribution in [0.25, 0.3) is 10.9 Å². The number of para-hydroxylation sites is 2. The molecule has 0 bridgehead atoms. The molecule has 0 saturated heterocycles. The average Bonchev–Trinajstić information content (AvgIpc) is 3.13. The van der Waals surface area contributed by atoms with Crippen molar-refractivity contribution in [1.82, 2.24) is 4.57 Å². The van der Waals surface area contributed by atoms with E-state index in [-0.39, 0.29) is 24.8 Å². The summed E-state index contributed by atoms with van der Waals surface area (Å²) in [7, 11) is 0. The normalized spacial score (nSPS) is 10.7. The van der Waals surface area contributed by atoms with Crippen molar-refractivity contribution in [3.8, 4) is 5.75 Å². The predicted molar refractivity (Wildman–Crippen MR) is 121 cm³/mol. The molecule has 1 heterocycles. The van der Waals surface area contributed by atoms with Crippen molar-refractivity contribution in [2.45, 2.75) is 6.54 Å². The Kier molecular flexibility index (Phi) is 5.95. The molecule has 1 amide bonds. The molecule has 0 saturated carbocycles. The summed E-state index contributed by atoms with van der Waals surface area (Å²) in [6.45, 7) is 0.0342. The molecular weight excluding hydrogens is 444 g/mol. The molecule has 0 unspecified atom stereocenters. The van der Waals surface area contributed by atoms with E-state index >= 15 is 0 Å². The first kappa shape index (κ1) is 19.9. The number of hydrogen-bond donors (Lipinski definition) is 1. The predicted octanol–water partition coefficient (Wildman–Crippen LogP) is 5.30. The Morgan fingerprint density at radius 2 is 1.60 bits per heavy atom. The number of halogens is 1. The van der Waals surface area contributed by atoms with Crippen molar-refractivity contribution in [2.24, 2.45) is 0 Å². The smallest absolute Gasteiger partial charge is 0.244 e. The lowest BCUT2D eigenvalue weighted by Crippen LogP contribution is -2.18. The fraction of sp³-hybridized carbons (Fsp3) is 0.0833. The Morgan fingerprint density at radius 3 is 2.37 bits per heavy atom. The Bertz CT molecular complexity index is 1180. The van der Waals surface area contributed by atoms with E-state index in [2.05, 4.69) is 21.2 Å². The van der Waals surface area contributed by atoms with Gasteiger partial charge < -0.3 is 14.6 Å². The minimum absolute atomic E-state index is 0.0664. The lowest BCUT2D eigenvalue weighted by Gasteiger charge is -2.07. The standard InChI is InChI=1S/C24H19BrN2O3/c25-17-10-12-18(13-11-17)26-24(29)15-27-14-21(20-8-4-5-9-22(20)27)23(28)16-30-19-6-2-1-3-7-19/h1-14H,15-16H2,(H,26,29). The molecule has 0 fully saturated rings. The van der Waals surface area contributed by atoms with Gasteiger partial charge in [0.05, 0.1) is 0 Å². The maximum Gasteiger partial charge on any atom is 0.244 e. The van der Waals surface area contributed by atoms with Gasteiger partial charge in [-0.15, -0.1) is 0 Å². The molecular formula is C24H19BrN2O3. The molecule has 30 heavy (non-hydrogen) atoms. The fourth-order valence-corrected chi connectivity index (χ4v) is 3.50. The van der Waals surface area contributed by atoms with Crippen LogP contribution in [-0.4, -0.2) is 22.9 Å². The molecule has 1 N–H and O–H groups in total. The number of nitrogens with one attached hydrogen (secondary N) is 1. The second-order valence-electron chi connectivity index (χ2n) is 6.77. The summed E-state index contributed by atoms with van der Waals surface area (Å²) in [4.78, 5) is 25.4. The summed E-state index contributed by atoms with van der Waals surface area (Å²) in [5.74, 6) is 0.336. The molecule has 0 aliphatic heterocycles. The van der Waals surface area contributed by atoms with Crippen molar-refractivity contribution >= 4 is 44.2 Å². The van der Waals surface area contributed by atoms with Crippen molar-refractivity contribution in [3.63, 3.8) is 0 Å². The van der Waals surface area contributed by atoms with Crippen molar-refractivity contribution in [3.05, 3.63) is 95.1 Å². The molecule has 3 aromatic carbocycles. The van der Waals surface area contributed by atoms with Gasteiger partial charge in [0.2, 0.25) is 11.7 Å². The van der Waals surface area contributed by atoms with Gasteiger partial charge in [0.25, 0.3) is 0 Å². The van der Waals surface area contributed by atoms with Crippen LogP contribution in [0.3, 0.4) is 0 Å². The molecule has 0 radical (unpaired) electrons. The van der Waals surface area contributed by atoms with Gasteiger partial charge in [-0.05, 0) is 42.5 Å². The zero-order valence-electron chi connectivity index (χ0n) is 16.0. The molecule has 0 spiro atoms. The maximum absolute atomic E-state index is 12.8. The molecule has 5 nitrogen and oxygen atoms in total. The fourth-order valence-electron chi connectivity index (χ4n) is 3.23.